The first-order valence-electron chi connectivity index (χ1n) is 5.83. The maximum Gasteiger partial charge on any atom is 0.419 e. The summed E-state index contributed by atoms with van der Waals surface area (Å²) >= 11 is 5.76. The quantitative estimate of drug-likeness (QED) is 0.817. The van der Waals surface area contributed by atoms with Gasteiger partial charge in [-0.25, -0.2) is 19.1 Å². The van der Waals surface area contributed by atoms with Crippen molar-refractivity contribution in [2.75, 3.05) is 0 Å². The molecule has 0 radical (unpaired) electrons. The van der Waals surface area contributed by atoms with Crippen LogP contribution >= 0.6 is 11.6 Å². The number of carboxylic acid groups (broad SMARTS) is 1. The van der Waals surface area contributed by atoms with Crippen LogP contribution in [0.25, 0.3) is 10.9 Å². The highest BCUT2D eigenvalue weighted by Gasteiger charge is 2.25. The number of aromatic carboxylic acids is 1. The van der Waals surface area contributed by atoms with Gasteiger partial charge in [-0.05, 0) is 32.9 Å². The Labute approximate surface area is 119 Å². The highest BCUT2D eigenvalue weighted by atomic mass is 35.5. The lowest BCUT2D eigenvalue weighted by atomic mass is 10.2. The zero-order valence-electron chi connectivity index (χ0n) is 11.2. The van der Waals surface area contributed by atoms with Crippen LogP contribution in [0.5, 0.6) is 0 Å². The second-order valence-corrected chi connectivity index (χ2v) is 5.60. The van der Waals surface area contributed by atoms with Crippen molar-refractivity contribution < 1.29 is 19.4 Å². The Hall–Kier alpha value is -2.08. The third kappa shape index (κ3) is 2.75. The predicted molar refractivity (Wildman–Crippen MR) is 73.3 cm³/mol. The van der Waals surface area contributed by atoms with Crippen molar-refractivity contribution in [3.05, 3.63) is 29.2 Å². The van der Waals surface area contributed by atoms with Crippen LogP contribution in [-0.4, -0.2) is 32.3 Å². The Kier molecular flexibility index (Phi) is 3.43. The highest BCUT2D eigenvalue weighted by Crippen LogP contribution is 2.23. The predicted octanol–water partition coefficient (Wildman–Crippen LogP) is 3.17. The molecule has 0 unspecified atom stereocenters. The molecule has 0 aromatic carbocycles. The van der Waals surface area contributed by atoms with Crippen LogP contribution in [-0.2, 0) is 4.74 Å². The molecular formula is C13H13ClN2O4. The monoisotopic (exact) mass is 296 g/mol. The fourth-order valence-electron chi connectivity index (χ4n) is 1.74. The summed E-state index contributed by atoms with van der Waals surface area (Å²) in [6.07, 6.45) is 0.572. The van der Waals surface area contributed by atoms with Crippen LogP contribution in [0.15, 0.2) is 18.3 Å². The van der Waals surface area contributed by atoms with Crippen molar-refractivity contribution in [3.63, 3.8) is 0 Å². The Morgan fingerprint density at radius 1 is 1.35 bits per heavy atom. The largest absolute Gasteiger partial charge is 0.477 e. The molecule has 0 fully saturated rings. The summed E-state index contributed by atoms with van der Waals surface area (Å²) in [7, 11) is 0. The molecule has 0 spiro atoms. The molecule has 0 aliphatic heterocycles. The normalized spacial score (nSPS) is 11.6. The van der Waals surface area contributed by atoms with Gasteiger partial charge in [0.05, 0.1) is 11.7 Å². The molecule has 6 nitrogen and oxygen atoms in total. The van der Waals surface area contributed by atoms with Gasteiger partial charge in [-0.15, -0.1) is 0 Å². The van der Waals surface area contributed by atoms with E-state index in [1.54, 1.807) is 20.8 Å². The molecule has 2 rings (SSSR count). The number of hydrogen-bond acceptors (Lipinski definition) is 4. The SMILES string of the molecule is CC(C)(C)OC(=O)n1c(C(=O)O)cc2cc(Cl)ncc21. The van der Waals surface area contributed by atoms with Gasteiger partial charge in [-0.2, -0.15) is 0 Å². The molecule has 2 aromatic rings. The van der Waals surface area contributed by atoms with E-state index in [0.29, 0.717) is 10.9 Å². The third-order valence-electron chi connectivity index (χ3n) is 2.45. The Bertz CT molecular complexity index is 700. The minimum Gasteiger partial charge on any atom is -0.477 e. The number of fused-ring (bicyclic) bond motifs is 1. The second kappa shape index (κ2) is 4.79. The van der Waals surface area contributed by atoms with Crippen LogP contribution in [0.3, 0.4) is 0 Å². The van der Waals surface area contributed by atoms with Gasteiger partial charge in [0.1, 0.15) is 16.4 Å². The van der Waals surface area contributed by atoms with Crippen molar-refractivity contribution in [2.24, 2.45) is 0 Å². The van der Waals surface area contributed by atoms with Gasteiger partial charge < -0.3 is 9.84 Å². The standard InChI is InChI=1S/C13H13ClN2O4/c1-13(2,3)20-12(19)16-8(11(17)18)4-7-5-10(14)15-6-9(7)16/h4-6H,1-3H3,(H,17,18). The van der Waals surface area contributed by atoms with Gasteiger partial charge in [-0.1, -0.05) is 11.6 Å². The number of ether oxygens (including phenoxy) is 1. The van der Waals surface area contributed by atoms with Crippen LogP contribution in [0.4, 0.5) is 4.79 Å². The summed E-state index contributed by atoms with van der Waals surface area (Å²) in [6.45, 7) is 5.10. The molecular weight excluding hydrogens is 284 g/mol. The molecule has 0 aliphatic carbocycles. The lowest BCUT2D eigenvalue weighted by molar-refractivity contribution is 0.0513. The van der Waals surface area contributed by atoms with Crippen molar-refractivity contribution in [1.29, 1.82) is 0 Å². The summed E-state index contributed by atoms with van der Waals surface area (Å²) < 4.78 is 6.19. The molecule has 2 aromatic heterocycles. The van der Waals surface area contributed by atoms with Gasteiger partial charge in [-0.3, -0.25) is 0 Å². The summed E-state index contributed by atoms with van der Waals surface area (Å²) in [4.78, 5) is 27.3. The highest BCUT2D eigenvalue weighted by molar-refractivity contribution is 6.30. The molecule has 106 valence electrons. The van der Waals surface area contributed by atoms with E-state index in [-0.39, 0.29) is 10.8 Å². The van der Waals surface area contributed by atoms with Crippen molar-refractivity contribution >= 4 is 34.6 Å². The number of carbonyl (C=O) groups is 2. The lowest BCUT2D eigenvalue weighted by Crippen LogP contribution is -2.28. The minimum absolute atomic E-state index is 0.196. The molecule has 1 N–H and O–H groups in total. The van der Waals surface area contributed by atoms with Crippen molar-refractivity contribution in [1.82, 2.24) is 9.55 Å². The summed E-state index contributed by atoms with van der Waals surface area (Å²) in [5, 5.41) is 9.93. The topological polar surface area (TPSA) is 81.4 Å². The van der Waals surface area contributed by atoms with E-state index >= 15 is 0 Å². The minimum atomic E-state index is -1.23. The number of pyridine rings is 1. The first-order chi connectivity index (χ1) is 9.19. The van der Waals surface area contributed by atoms with E-state index in [1.807, 2.05) is 0 Å². The van der Waals surface area contributed by atoms with E-state index in [0.717, 1.165) is 4.57 Å². The maximum atomic E-state index is 12.2. The molecule has 20 heavy (non-hydrogen) atoms. The average Bonchev–Trinajstić information content (AvgIpc) is 2.64. The zero-order valence-corrected chi connectivity index (χ0v) is 11.9. The molecule has 0 atom stereocenters. The number of carbonyl (C=O) groups excluding carboxylic acids is 1. The Morgan fingerprint density at radius 2 is 2.00 bits per heavy atom. The number of rotatable bonds is 1. The van der Waals surface area contributed by atoms with Crippen molar-refractivity contribution in [2.45, 2.75) is 26.4 Å². The van der Waals surface area contributed by atoms with Crippen LogP contribution in [0.1, 0.15) is 31.3 Å². The van der Waals surface area contributed by atoms with Gasteiger partial charge in [0, 0.05) is 5.39 Å². The molecule has 0 amide bonds. The smallest absolute Gasteiger partial charge is 0.419 e. The molecule has 2 heterocycles. The second-order valence-electron chi connectivity index (χ2n) is 5.22. The number of nitrogens with zero attached hydrogens (tertiary/aromatic N) is 2. The fraction of sp³-hybridized carbons (Fsp3) is 0.308. The van der Waals surface area contributed by atoms with E-state index in [2.05, 4.69) is 4.98 Å². The van der Waals surface area contributed by atoms with E-state index < -0.39 is 17.7 Å². The van der Waals surface area contributed by atoms with E-state index in [9.17, 15) is 14.7 Å². The van der Waals surface area contributed by atoms with E-state index in [4.69, 9.17) is 16.3 Å². The number of aromatic nitrogens is 2. The molecule has 0 saturated carbocycles. The fourth-order valence-corrected chi connectivity index (χ4v) is 1.91. The van der Waals surface area contributed by atoms with Crippen LogP contribution in [0.2, 0.25) is 5.15 Å². The van der Waals surface area contributed by atoms with Gasteiger partial charge in [0.2, 0.25) is 0 Å². The van der Waals surface area contributed by atoms with Crippen molar-refractivity contribution in [3.8, 4) is 0 Å². The van der Waals surface area contributed by atoms with E-state index in [1.165, 1.54) is 18.3 Å². The zero-order chi connectivity index (χ0) is 15.1. The van der Waals surface area contributed by atoms with Crippen LogP contribution in [0, 0.1) is 0 Å². The summed E-state index contributed by atoms with van der Waals surface area (Å²) in [6, 6.07) is 2.85. The van der Waals surface area contributed by atoms with Gasteiger partial charge in [0.25, 0.3) is 0 Å². The molecule has 0 saturated heterocycles. The average molecular weight is 297 g/mol. The number of hydrogen-bond donors (Lipinski definition) is 1. The number of carboxylic acids is 1. The molecule has 0 aliphatic rings. The number of halogens is 1. The Morgan fingerprint density at radius 3 is 2.55 bits per heavy atom. The third-order valence-corrected chi connectivity index (χ3v) is 2.66. The molecule has 0 bridgehead atoms. The summed E-state index contributed by atoms with van der Waals surface area (Å²) in [5.41, 5.74) is -0.595. The summed E-state index contributed by atoms with van der Waals surface area (Å²) in [5.74, 6) is -1.23. The lowest BCUT2D eigenvalue weighted by Gasteiger charge is -2.20. The molecule has 7 heteroatoms. The first kappa shape index (κ1) is 14.3. The van der Waals surface area contributed by atoms with Gasteiger partial charge >= 0.3 is 12.1 Å². The van der Waals surface area contributed by atoms with Gasteiger partial charge in [0.15, 0.2) is 0 Å². The maximum absolute atomic E-state index is 12.2. The Balaban J connectivity index is 2.63. The van der Waals surface area contributed by atoms with Crippen LogP contribution < -0.4 is 0 Å². The first-order valence-corrected chi connectivity index (χ1v) is 6.20.